The topological polar surface area (TPSA) is 28.2 Å². The van der Waals surface area contributed by atoms with E-state index in [1.165, 1.54) is 6.42 Å². The Balaban J connectivity index is 1.81. The van der Waals surface area contributed by atoms with E-state index in [1.54, 1.807) is 11.3 Å². The van der Waals surface area contributed by atoms with Gasteiger partial charge in [0.05, 0.1) is 10.2 Å². The van der Waals surface area contributed by atoms with Gasteiger partial charge in [0.1, 0.15) is 0 Å². The summed E-state index contributed by atoms with van der Waals surface area (Å²) in [6.45, 7) is 2.26. The highest BCUT2D eigenvalue weighted by Gasteiger charge is 2.20. The van der Waals surface area contributed by atoms with Crippen molar-refractivity contribution in [2.75, 3.05) is 25.5 Å². The summed E-state index contributed by atoms with van der Waals surface area (Å²) in [6.07, 6.45) is 1.19. The third kappa shape index (κ3) is 2.39. The maximum Gasteiger partial charge on any atom is 0.184 e. The van der Waals surface area contributed by atoms with Crippen LogP contribution in [0.15, 0.2) is 18.2 Å². The van der Waals surface area contributed by atoms with Crippen LogP contribution in [0.3, 0.4) is 0 Å². The summed E-state index contributed by atoms with van der Waals surface area (Å²) in [5.74, 6) is 0. The van der Waals surface area contributed by atoms with Crippen molar-refractivity contribution in [3.8, 4) is 0 Å². The minimum absolute atomic E-state index is 0.524. The van der Waals surface area contributed by atoms with Gasteiger partial charge in [-0.05, 0) is 38.2 Å². The summed E-state index contributed by atoms with van der Waals surface area (Å²) in [4.78, 5) is 6.91. The number of hydrogen-bond donors (Lipinski definition) is 1. The third-order valence-electron chi connectivity index (χ3n) is 3.07. The van der Waals surface area contributed by atoms with Crippen LogP contribution >= 0.6 is 22.9 Å². The van der Waals surface area contributed by atoms with Crippen molar-refractivity contribution < 1.29 is 0 Å². The number of hydrogen-bond acceptors (Lipinski definition) is 4. The van der Waals surface area contributed by atoms with Crippen molar-refractivity contribution in [1.29, 1.82) is 0 Å². The number of anilines is 1. The highest BCUT2D eigenvalue weighted by molar-refractivity contribution is 7.22. The van der Waals surface area contributed by atoms with Crippen LogP contribution in [0.2, 0.25) is 5.02 Å². The highest BCUT2D eigenvalue weighted by atomic mass is 35.5. The molecule has 1 aliphatic heterocycles. The lowest BCUT2D eigenvalue weighted by Gasteiger charge is -2.10. The van der Waals surface area contributed by atoms with Crippen LogP contribution in [0.1, 0.15) is 6.42 Å². The molecule has 2 heterocycles. The first-order chi connectivity index (χ1) is 8.20. The molecule has 1 aliphatic rings. The molecular formula is C12H14ClN3S. The number of thiazole rings is 1. The van der Waals surface area contributed by atoms with Crippen LogP contribution in [0.4, 0.5) is 5.13 Å². The van der Waals surface area contributed by atoms with Crippen LogP contribution in [0, 0.1) is 0 Å². The number of aromatic nitrogens is 1. The van der Waals surface area contributed by atoms with Crippen molar-refractivity contribution >= 4 is 38.3 Å². The summed E-state index contributed by atoms with van der Waals surface area (Å²) < 4.78 is 1.14. The van der Waals surface area contributed by atoms with Crippen LogP contribution in [-0.2, 0) is 0 Å². The van der Waals surface area contributed by atoms with E-state index in [4.69, 9.17) is 11.6 Å². The average Bonchev–Trinajstić information content (AvgIpc) is 2.84. The molecule has 1 N–H and O–H groups in total. The quantitative estimate of drug-likeness (QED) is 0.906. The molecule has 3 rings (SSSR count). The molecule has 0 amide bonds. The zero-order valence-corrected chi connectivity index (χ0v) is 11.2. The molecule has 1 atom stereocenters. The van der Waals surface area contributed by atoms with Crippen LogP contribution in [-0.4, -0.2) is 36.1 Å². The first-order valence-corrected chi connectivity index (χ1v) is 6.91. The zero-order valence-electron chi connectivity index (χ0n) is 9.61. The number of benzene rings is 1. The van der Waals surface area contributed by atoms with Crippen molar-refractivity contribution in [3.63, 3.8) is 0 Å². The molecule has 1 fully saturated rings. The molecular weight excluding hydrogens is 254 g/mol. The summed E-state index contributed by atoms with van der Waals surface area (Å²) in [7, 11) is 2.15. The molecule has 0 bridgehead atoms. The van der Waals surface area contributed by atoms with Crippen molar-refractivity contribution in [2.45, 2.75) is 12.5 Å². The van der Waals surface area contributed by atoms with Gasteiger partial charge in [0, 0.05) is 17.6 Å². The minimum Gasteiger partial charge on any atom is -0.357 e. The summed E-state index contributed by atoms with van der Waals surface area (Å²) in [5, 5.41) is 5.28. The Hall–Kier alpha value is -0.840. The molecule has 5 heteroatoms. The smallest absolute Gasteiger partial charge is 0.184 e. The van der Waals surface area contributed by atoms with E-state index >= 15 is 0 Å². The monoisotopic (exact) mass is 267 g/mol. The molecule has 0 radical (unpaired) electrons. The largest absolute Gasteiger partial charge is 0.357 e. The van der Waals surface area contributed by atoms with Crippen LogP contribution < -0.4 is 5.32 Å². The molecule has 17 heavy (non-hydrogen) atoms. The van der Waals surface area contributed by atoms with E-state index in [9.17, 15) is 0 Å². The standard InChI is InChI=1S/C12H14ClN3S/c1-16-5-4-9(7-16)14-12-15-10-3-2-8(13)6-11(10)17-12/h2-3,6,9H,4-5,7H2,1H3,(H,14,15). The third-order valence-corrected chi connectivity index (χ3v) is 4.25. The number of nitrogens with one attached hydrogen (secondary N) is 1. The van der Waals surface area contributed by atoms with E-state index in [1.807, 2.05) is 18.2 Å². The number of rotatable bonds is 2. The first-order valence-electron chi connectivity index (χ1n) is 5.72. The van der Waals surface area contributed by atoms with Crippen LogP contribution in [0.25, 0.3) is 10.2 Å². The van der Waals surface area contributed by atoms with Crippen molar-refractivity contribution in [2.24, 2.45) is 0 Å². The van der Waals surface area contributed by atoms with Gasteiger partial charge >= 0.3 is 0 Å². The molecule has 0 spiro atoms. The Kier molecular flexibility index (Phi) is 2.94. The van der Waals surface area contributed by atoms with Gasteiger partial charge in [0.2, 0.25) is 0 Å². The molecule has 0 aliphatic carbocycles. The Morgan fingerprint density at radius 1 is 1.53 bits per heavy atom. The summed E-state index contributed by atoms with van der Waals surface area (Å²) in [5.41, 5.74) is 1.02. The van der Waals surface area contributed by atoms with Gasteiger partial charge in [-0.15, -0.1) is 0 Å². The van der Waals surface area contributed by atoms with Gasteiger partial charge in [-0.3, -0.25) is 0 Å². The minimum atomic E-state index is 0.524. The Morgan fingerprint density at radius 3 is 3.18 bits per heavy atom. The Labute approximate surface area is 109 Å². The van der Waals surface area contributed by atoms with Crippen LogP contribution in [0.5, 0.6) is 0 Å². The zero-order chi connectivity index (χ0) is 11.8. The normalized spacial score (nSPS) is 21.2. The number of fused-ring (bicyclic) bond motifs is 1. The predicted molar refractivity (Wildman–Crippen MR) is 74.2 cm³/mol. The summed E-state index contributed by atoms with van der Waals surface area (Å²) >= 11 is 7.64. The maximum absolute atomic E-state index is 5.97. The second-order valence-corrected chi connectivity index (χ2v) is 5.99. The molecule has 0 saturated carbocycles. The number of likely N-dealkylation sites (N-methyl/N-ethyl adjacent to an activating group) is 1. The first kappa shape index (κ1) is 11.3. The molecule has 1 unspecified atom stereocenters. The van der Waals surface area contributed by atoms with Gasteiger partial charge in [-0.2, -0.15) is 0 Å². The number of halogens is 1. The Bertz CT molecular complexity index is 540. The summed E-state index contributed by atoms with van der Waals surface area (Å²) in [6, 6.07) is 6.35. The van der Waals surface area contributed by atoms with E-state index in [2.05, 4.69) is 22.2 Å². The lowest BCUT2D eigenvalue weighted by atomic mass is 10.3. The molecule has 3 nitrogen and oxygen atoms in total. The van der Waals surface area contributed by atoms with Crippen molar-refractivity contribution in [1.82, 2.24) is 9.88 Å². The highest BCUT2D eigenvalue weighted by Crippen LogP contribution is 2.29. The fraction of sp³-hybridized carbons (Fsp3) is 0.417. The molecule has 2 aromatic rings. The van der Waals surface area contributed by atoms with E-state index in [-0.39, 0.29) is 0 Å². The predicted octanol–water partition coefficient (Wildman–Crippen LogP) is 3.07. The molecule has 1 aromatic heterocycles. The van der Waals surface area contributed by atoms with Gasteiger partial charge in [0.25, 0.3) is 0 Å². The van der Waals surface area contributed by atoms with E-state index in [0.29, 0.717) is 6.04 Å². The van der Waals surface area contributed by atoms with Gasteiger partial charge < -0.3 is 10.2 Å². The van der Waals surface area contributed by atoms with Crippen molar-refractivity contribution in [3.05, 3.63) is 23.2 Å². The molecule has 90 valence electrons. The molecule has 1 aromatic carbocycles. The van der Waals surface area contributed by atoms with Gasteiger partial charge in [-0.25, -0.2) is 4.98 Å². The second kappa shape index (κ2) is 4.44. The van der Waals surface area contributed by atoms with Gasteiger partial charge in [-0.1, -0.05) is 22.9 Å². The second-order valence-electron chi connectivity index (χ2n) is 4.52. The van der Waals surface area contributed by atoms with Gasteiger partial charge in [0.15, 0.2) is 5.13 Å². The fourth-order valence-electron chi connectivity index (χ4n) is 2.19. The lowest BCUT2D eigenvalue weighted by molar-refractivity contribution is 0.414. The Morgan fingerprint density at radius 2 is 2.41 bits per heavy atom. The fourth-order valence-corrected chi connectivity index (χ4v) is 3.41. The van der Waals surface area contributed by atoms with E-state index in [0.717, 1.165) is 33.5 Å². The van der Waals surface area contributed by atoms with E-state index < -0.39 is 0 Å². The number of likely N-dealkylation sites (tertiary alicyclic amines) is 1. The average molecular weight is 268 g/mol. The number of nitrogens with zero attached hydrogens (tertiary/aromatic N) is 2. The molecule has 1 saturated heterocycles. The SMILES string of the molecule is CN1CCC(Nc2nc3ccc(Cl)cc3s2)C1. The maximum atomic E-state index is 5.97. The lowest BCUT2D eigenvalue weighted by Crippen LogP contribution is -2.23.